The van der Waals surface area contributed by atoms with Gasteiger partial charge in [0.25, 0.3) is 5.91 Å². The summed E-state index contributed by atoms with van der Waals surface area (Å²) < 4.78 is 6.67. The molecular formula is C10H18N4O2. The van der Waals surface area contributed by atoms with Crippen LogP contribution in [0.1, 0.15) is 23.8 Å². The average Bonchev–Trinajstić information content (AvgIpc) is 2.57. The normalized spacial score (nSPS) is 10.4. The van der Waals surface area contributed by atoms with Crippen molar-refractivity contribution in [3.63, 3.8) is 0 Å². The molecule has 6 heteroatoms. The summed E-state index contributed by atoms with van der Waals surface area (Å²) in [4.78, 5) is 11.6. The fourth-order valence-corrected chi connectivity index (χ4v) is 1.29. The van der Waals surface area contributed by atoms with Crippen LogP contribution in [0.5, 0.6) is 0 Å². The molecule has 16 heavy (non-hydrogen) atoms. The van der Waals surface area contributed by atoms with Gasteiger partial charge in [-0.2, -0.15) is 5.10 Å². The molecule has 0 unspecified atom stereocenters. The highest BCUT2D eigenvalue weighted by molar-refractivity contribution is 5.96. The zero-order valence-electron chi connectivity index (χ0n) is 9.69. The predicted molar refractivity (Wildman–Crippen MR) is 61.1 cm³/mol. The maximum absolute atomic E-state index is 11.6. The second kappa shape index (κ2) is 6.12. The van der Waals surface area contributed by atoms with Gasteiger partial charge in [-0.1, -0.05) is 0 Å². The highest BCUT2D eigenvalue weighted by atomic mass is 16.5. The quantitative estimate of drug-likeness (QED) is 0.677. The first-order chi connectivity index (χ1) is 7.65. The Labute approximate surface area is 94.8 Å². The van der Waals surface area contributed by atoms with E-state index >= 15 is 0 Å². The Hall–Kier alpha value is -1.56. The van der Waals surface area contributed by atoms with E-state index in [-0.39, 0.29) is 11.6 Å². The van der Waals surface area contributed by atoms with Gasteiger partial charge < -0.3 is 15.8 Å². The number of nitrogens with zero attached hydrogens (tertiary/aromatic N) is 2. The molecule has 0 saturated heterocycles. The van der Waals surface area contributed by atoms with E-state index in [1.54, 1.807) is 13.2 Å². The molecule has 0 atom stereocenters. The van der Waals surface area contributed by atoms with Gasteiger partial charge in [-0.3, -0.25) is 9.48 Å². The standard InChI is InChI=1S/C10H18N4O2/c1-3-16-6-4-5-12-10(15)9-8(11)7-14(2)13-9/h7H,3-6,11H2,1-2H3,(H,12,15). The largest absolute Gasteiger partial charge is 0.396 e. The topological polar surface area (TPSA) is 82.2 Å². The van der Waals surface area contributed by atoms with Crippen molar-refractivity contribution in [2.45, 2.75) is 13.3 Å². The van der Waals surface area contributed by atoms with Crippen LogP contribution in [0, 0.1) is 0 Å². The molecule has 3 N–H and O–H groups in total. The van der Waals surface area contributed by atoms with Crippen LogP contribution in [-0.4, -0.2) is 35.4 Å². The number of hydrogen-bond acceptors (Lipinski definition) is 4. The number of rotatable bonds is 6. The van der Waals surface area contributed by atoms with Gasteiger partial charge >= 0.3 is 0 Å². The van der Waals surface area contributed by atoms with Crippen LogP contribution < -0.4 is 11.1 Å². The molecule has 0 aliphatic carbocycles. The van der Waals surface area contributed by atoms with Crippen LogP contribution in [0.3, 0.4) is 0 Å². The number of hydrogen-bond donors (Lipinski definition) is 2. The molecule has 0 bridgehead atoms. The minimum Gasteiger partial charge on any atom is -0.396 e. The van der Waals surface area contributed by atoms with Crippen molar-refractivity contribution in [3.8, 4) is 0 Å². The highest BCUT2D eigenvalue weighted by Crippen LogP contribution is 2.07. The van der Waals surface area contributed by atoms with Gasteiger partial charge in [-0.15, -0.1) is 0 Å². The molecule has 0 aromatic carbocycles. The van der Waals surface area contributed by atoms with Crippen molar-refractivity contribution in [2.75, 3.05) is 25.5 Å². The molecule has 0 radical (unpaired) electrons. The highest BCUT2D eigenvalue weighted by Gasteiger charge is 2.12. The van der Waals surface area contributed by atoms with E-state index in [9.17, 15) is 4.79 Å². The van der Waals surface area contributed by atoms with E-state index in [1.807, 2.05) is 6.92 Å². The van der Waals surface area contributed by atoms with Gasteiger partial charge in [-0.05, 0) is 13.3 Å². The molecule has 1 aromatic heterocycles. The van der Waals surface area contributed by atoms with Crippen molar-refractivity contribution in [1.82, 2.24) is 15.1 Å². The summed E-state index contributed by atoms with van der Waals surface area (Å²) in [5, 5.41) is 6.71. The molecule has 0 spiro atoms. The van der Waals surface area contributed by atoms with Crippen LogP contribution in [0.4, 0.5) is 5.69 Å². The molecule has 0 aliphatic heterocycles. The Morgan fingerprint density at radius 1 is 1.69 bits per heavy atom. The third-order valence-corrected chi connectivity index (χ3v) is 2.03. The lowest BCUT2D eigenvalue weighted by Crippen LogP contribution is -2.26. The number of carbonyl (C=O) groups is 1. The maximum Gasteiger partial charge on any atom is 0.273 e. The monoisotopic (exact) mass is 226 g/mol. The molecular weight excluding hydrogens is 208 g/mol. The molecule has 1 heterocycles. The van der Waals surface area contributed by atoms with Gasteiger partial charge in [0.05, 0.1) is 5.69 Å². The Kier molecular flexibility index (Phi) is 4.78. The summed E-state index contributed by atoms with van der Waals surface area (Å²) in [6.45, 7) is 3.84. The molecule has 0 aliphatic rings. The predicted octanol–water partition coefficient (Wildman–Crippen LogP) is 0.159. The van der Waals surface area contributed by atoms with Crippen LogP contribution in [0.25, 0.3) is 0 Å². The number of nitrogen functional groups attached to an aromatic ring is 1. The third kappa shape index (κ3) is 3.54. The second-order valence-corrected chi connectivity index (χ2v) is 3.41. The smallest absolute Gasteiger partial charge is 0.273 e. The van der Waals surface area contributed by atoms with Gasteiger partial charge in [0.2, 0.25) is 0 Å². The zero-order chi connectivity index (χ0) is 12.0. The van der Waals surface area contributed by atoms with E-state index in [1.165, 1.54) is 4.68 Å². The first-order valence-electron chi connectivity index (χ1n) is 5.30. The lowest BCUT2D eigenvalue weighted by Gasteiger charge is -2.03. The number of aryl methyl sites for hydroxylation is 1. The summed E-state index contributed by atoms with van der Waals surface area (Å²) in [6, 6.07) is 0. The van der Waals surface area contributed by atoms with E-state index in [0.717, 1.165) is 6.42 Å². The number of nitrogens with two attached hydrogens (primary N) is 1. The average molecular weight is 226 g/mol. The summed E-state index contributed by atoms with van der Waals surface area (Å²) in [7, 11) is 1.72. The van der Waals surface area contributed by atoms with Gasteiger partial charge in [0, 0.05) is 33.0 Å². The Balaban J connectivity index is 2.33. The van der Waals surface area contributed by atoms with Gasteiger partial charge in [0.1, 0.15) is 0 Å². The van der Waals surface area contributed by atoms with Crippen LogP contribution in [0.2, 0.25) is 0 Å². The fraction of sp³-hybridized carbons (Fsp3) is 0.600. The van der Waals surface area contributed by atoms with Gasteiger partial charge in [-0.25, -0.2) is 0 Å². The van der Waals surface area contributed by atoms with Crippen molar-refractivity contribution in [2.24, 2.45) is 7.05 Å². The first kappa shape index (κ1) is 12.5. The summed E-state index contributed by atoms with van der Waals surface area (Å²) in [5.74, 6) is -0.241. The van der Waals surface area contributed by atoms with Crippen molar-refractivity contribution in [3.05, 3.63) is 11.9 Å². The Morgan fingerprint density at radius 3 is 3.00 bits per heavy atom. The Bertz CT molecular complexity index is 349. The van der Waals surface area contributed by atoms with Crippen LogP contribution >= 0.6 is 0 Å². The number of ether oxygens (including phenoxy) is 1. The van der Waals surface area contributed by atoms with E-state index in [2.05, 4.69) is 10.4 Å². The summed E-state index contributed by atoms with van der Waals surface area (Å²) in [5.41, 5.74) is 6.30. The van der Waals surface area contributed by atoms with Crippen LogP contribution in [-0.2, 0) is 11.8 Å². The van der Waals surface area contributed by atoms with Gasteiger partial charge in [0.15, 0.2) is 5.69 Å². The second-order valence-electron chi connectivity index (χ2n) is 3.41. The molecule has 1 aromatic rings. The van der Waals surface area contributed by atoms with Crippen molar-refractivity contribution < 1.29 is 9.53 Å². The molecule has 0 saturated carbocycles. The van der Waals surface area contributed by atoms with E-state index < -0.39 is 0 Å². The summed E-state index contributed by atoms with van der Waals surface area (Å²) >= 11 is 0. The third-order valence-electron chi connectivity index (χ3n) is 2.03. The number of nitrogens with one attached hydrogen (secondary N) is 1. The molecule has 6 nitrogen and oxygen atoms in total. The van der Waals surface area contributed by atoms with Crippen molar-refractivity contribution >= 4 is 11.6 Å². The first-order valence-corrected chi connectivity index (χ1v) is 5.30. The molecule has 1 amide bonds. The molecule has 1 rings (SSSR count). The lowest BCUT2D eigenvalue weighted by molar-refractivity contribution is 0.0939. The van der Waals surface area contributed by atoms with Crippen LogP contribution in [0.15, 0.2) is 6.20 Å². The maximum atomic E-state index is 11.6. The van der Waals surface area contributed by atoms with E-state index in [0.29, 0.717) is 25.4 Å². The summed E-state index contributed by atoms with van der Waals surface area (Å²) in [6.07, 6.45) is 2.39. The minimum absolute atomic E-state index is 0.241. The molecule has 90 valence electrons. The van der Waals surface area contributed by atoms with Crippen molar-refractivity contribution in [1.29, 1.82) is 0 Å². The Morgan fingerprint density at radius 2 is 2.44 bits per heavy atom. The lowest BCUT2D eigenvalue weighted by atomic mass is 10.3. The number of anilines is 1. The zero-order valence-corrected chi connectivity index (χ0v) is 9.69. The minimum atomic E-state index is -0.241. The SMILES string of the molecule is CCOCCCNC(=O)c1nn(C)cc1N. The number of aromatic nitrogens is 2. The fourth-order valence-electron chi connectivity index (χ4n) is 1.29. The van der Waals surface area contributed by atoms with E-state index in [4.69, 9.17) is 10.5 Å². The number of amides is 1. The number of carbonyl (C=O) groups excluding carboxylic acids is 1. The molecule has 0 fully saturated rings.